The number of aromatic nitrogens is 1. The van der Waals surface area contributed by atoms with E-state index in [4.69, 9.17) is 4.74 Å². The van der Waals surface area contributed by atoms with Crippen LogP contribution in [0.2, 0.25) is 0 Å². The van der Waals surface area contributed by atoms with Gasteiger partial charge < -0.3 is 4.74 Å². The van der Waals surface area contributed by atoms with Gasteiger partial charge in [-0.3, -0.25) is 0 Å². The standard InChI is InChI=1S/C19H19NOS/c1-13-4-5-14(2)16(10-13)11-17-7-8-18(22-17)15-6-9-19(21-3)20-12-15/h4-10,12H,11H2,1-3H3. The Bertz CT molecular complexity index is 774. The van der Waals surface area contributed by atoms with E-state index >= 15 is 0 Å². The van der Waals surface area contributed by atoms with Gasteiger partial charge in [-0.25, -0.2) is 4.98 Å². The van der Waals surface area contributed by atoms with Gasteiger partial charge >= 0.3 is 0 Å². The average molecular weight is 309 g/mol. The maximum atomic E-state index is 5.11. The van der Waals surface area contributed by atoms with Crippen molar-refractivity contribution < 1.29 is 4.74 Å². The number of hydrogen-bond acceptors (Lipinski definition) is 3. The van der Waals surface area contributed by atoms with E-state index in [0.717, 1.165) is 12.0 Å². The zero-order valence-corrected chi connectivity index (χ0v) is 13.9. The summed E-state index contributed by atoms with van der Waals surface area (Å²) in [4.78, 5) is 6.90. The fraction of sp³-hybridized carbons (Fsp3) is 0.211. The molecule has 0 aliphatic rings. The molecule has 0 unspecified atom stereocenters. The predicted octanol–water partition coefficient (Wildman–Crippen LogP) is 5.03. The maximum absolute atomic E-state index is 5.11. The summed E-state index contributed by atoms with van der Waals surface area (Å²) in [5.74, 6) is 0.649. The quantitative estimate of drug-likeness (QED) is 0.674. The minimum absolute atomic E-state index is 0.649. The Morgan fingerprint density at radius 1 is 1.05 bits per heavy atom. The number of methoxy groups -OCH3 is 1. The summed E-state index contributed by atoms with van der Waals surface area (Å²) in [5, 5.41) is 0. The van der Waals surface area contributed by atoms with Crippen LogP contribution >= 0.6 is 11.3 Å². The van der Waals surface area contributed by atoms with Gasteiger partial charge in [0.15, 0.2) is 0 Å². The van der Waals surface area contributed by atoms with Crippen LogP contribution in [0.1, 0.15) is 21.6 Å². The highest BCUT2D eigenvalue weighted by Crippen LogP contribution is 2.30. The van der Waals surface area contributed by atoms with E-state index in [9.17, 15) is 0 Å². The SMILES string of the molecule is COc1ccc(-c2ccc(Cc3cc(C)ccc3C)s2)cn1. The first-order valence-electron chi connectivity index (χ1n) is 7.31. The molecule has 0 spiro atoms. The Labute approximate surface area is 135 Å². The smallest absolute Gasteiger partial charge is 0.212 e. The third-order valence-electron chi connectivity index (χ3n) is 3.76. The Morgan fingerprint density at radius 2 is 1.91 bits per heavy atom. The zero-order chi connectivity index (χ0) is 15.5. The van der Waals surface area contributed by atoms with Crippen molar-refractivity contribution in [1.82, 2.24) is 4.98 Å². The Morgan fingerprint density at radius 3 is 2.64 bits per heavy atom. The molecule has 0 aliphatic carbocycles. The number of nitrogens with zero attached hydrogens (tertiary/aromatic N) is 1. The average Bonchev–Trinajstić information content (AvgIpc) is 2.99. The fourth-order valence-corrected chi connectivity index (χ4v) is 3.47. The lowest BCUT2D eigenvalue weighted by Crippen LogP contribution is -1.90. The summed E-state index contributed by atoms with van der Waals surface area (Å²) in [7, 11) is 1.63. The van der Waals surface area contributed by atoms with Crippen LogP contribution < -0.4 is 4.74 Å². The summed E-state index contributed by atoms with van der Waals surface area (Å²) in [6.07, 6.45) is 2.86. The highest BCUT2D eigenvalue weighted by molar-refractivity contribution is 7.15. The lowest BCUT2D eigenvalue weighted by Gasteiger charge is -2.05. The fourth-order valence-electron chi connectivity index (χ4n) is 2.45. The van der Waals surface area contributed by atoms with E-state index in [2.05, 4.69) is 55.2 Å². The van der Waals surface area contributed by atoms with Gasteiger partial charge in [0.25, 0.3) is 0 Å². The van der Waals surface area contributed by atoms with Gasteiger partial charge in [-0.1, -0.05) is 23.8 Å². The van der Waals surface area contributed by atoms with E-state index in [0.29, 0.717) is 5.88 Å². The largest absolute Gasteiger partial charge is 0.481 e. The molecule has 0 N–H and O–H groups in total. The van der Waals surface area contributed by atoms with E-state index in [-0.39, 0.29) is 0 Å². The minimum Gasteiger partial charge on any atom is -0.481 e. The van der Waals surface area contributed by atoms with E-state index in [1.165, 1.54) is 26.4 Å². The minimum atomic E-state index is 0.649. The molecule has 2 heterocycles. The van der Waals surface area contributed by atoms with Gasteiger partial charge in [0.1, 0.15) is 0 Å². The molecule has 22 heavy (non-hydrogen) atoms. The highest BCUT2D eigenvalue weighted by atomic mass is 32.1. The number of thiophene rings is 1. The normalized spacial score (nSPS) is 10.7. The number of rotatable bonds is 4. The lowest BCUT2D eigenvalue weighted by atomic mass is 10.0. The summed E-state index contributed by atoms with van der Waals surface area (Å²) < 4.78 is 5.11. The van der Waals surface area contributed by atoms with E-state index in [1.54, 1.807) is 7.11 Å². The van der Waals surface area contributed by atoms with Crippen LogP contribution in [0.5, 0.6) is 5.88 Å². The number of benzene rings is 1. The van der Waals surface area contributed by atoms with Crippen molar-refractivity contribution in [3.63, 3.8) is 0 Å². The van der Waals surface area contributed by atoms with Crippen molar-refractivity contribution in [3.05, 3.63) is 70.2 Å². The zero-order valence-electron chi connectivity index (χ0n) is 13.1. The first kappa shape index (κ1) is 14.8. The number of ether oxygens (including phenoxy) is 1. The number of pyridine rings is 1. The van der Waals surface area contributed by atoms with Crippen molar-refractivity contribution in [2.45, 2.75) is 20.3 Å². The molecule has 3 aromatic rings. The second-order valence-corrected chi connectivity index (χ2v) is 6.63. The van der Waals surface area contributed by atoms with Crippen LogP contribution in [0.25, 0.3) is 10.4 Å². The Kier molecular flexibility index (Phi) is 4.25. The molecule has 0 bridgehead atoms. The van der Waals surface area contributed by atoms with E-state index < -0.39 is 0 Å². The molecule has 0 aliphatic heterocycles. The van der Waals surface area contributed by atoms with Crippen LogP contribution in [-0.4, -0.2) is 12.1 Å². The van der Waals surface area contributed by atoms with Crippen LogP contribution in [0.3, 0.4) is 0 Å². The van der Waals surface area contributed by atoms with Crippen molar-refractivity contribution in [3.8, 4) is 16.3 Å². The molecule has 0 amide bonds. The van der Waals surface area contributed by atoms with Gasteiger partial charge in [0.05, 0.1) is 7.11 Å². The molecular weight excluding hydrogens is 290 g/mol. The molecule has 3 heteroatoms. The summed E-state index contributed by atoms with van der Waals surface area (Å²) in [5.41, 5.74) is 5.21. The number of hydrogen-bond donors (Lipinski definition) is 0. The summed E-state index contributed by atoms with van der Waals surface area (Å²) >= 11 is 1.83. The third-order valence-corrected chi connectivity index (χ3v) is 4.90. The van der Waals surface area contributed by atoms with Crippen LogP contribution in [-0.2, 0) is 6.42 Å². The molecule has 0 saturated heterocycles. The summed E-state index contributed by atoms with van der Waals surface area (Å²) in [6, 6.07) is 15.0. The van der Waals surface area contributed by atoms with Crippen LogP contribution in [0, 0.1) is 13.8 Å². The van der Waals surface area contributed by atoms with Gasteiger partial charge in [0.2, 0.25) is 5.88 Å². The molecule has 1 aromatic carbocycles. The highest BCUT2D eigenvalue weighted by Gasteiger charge is 2.06. The molecule has 0 radical (unpaired) electrons. The molecule has 0 atom stereocenters. The molecule has 2 aromatic heterocycles. The van der Waals surface area contributed by atoms with E-state index in [1.807, 2.05) is 23.6 Å². The second kappa shape index (κ2) is 6.32. The molecule has 2 nitrogen and oxygen atoms in total. The van der Waals surface area contributed by atoms with Crippen molar-refractivity contribution in [2.75, 3.05) is 7.11 Å². The van der Waals surface area contributed by atoms with Gasteiger partial charge in [-0.2, -0.15) is 0 Å². The lowest BCUT2D eigenvalue weighted by molar-refractivity contribution is 0.398. The van der Waals surface area contributed by atoms with Crippen molar-refractivity contribution in [1.29, 1.82) is 0 Å². The van der Waals surface area contributed by atoms with Gasteiger partial charge in [0, 0.05) is 34.0 Å². The first-order valence-corrected chi connectivity index (χ1v) is 8.12. The monoisotopic (exact) mass is 309 g/mol. The first-order chi connectivity index (χ1) is 10.7. The molecular formula is C19H19NOS. The van der Waals surface area contributed by atoms with Crippen molar-refractivity contribution in [2.24, 2.45) is 0 Å². The topological polar surface area (TPSA) is 22.1 Å². The van der Waals surface area contributed by atoms with Gasteiger partial charge in [-0.15, -0.1) is 11.3 Å². The Balaban J connectivity index is 1.82. The maximum Gasteiger partial charge on any atom is 0.212 e. The van der Waals surface area contributed by atoms with Crippen LogP contribution in [0.4, 0.5) is 0 Å². The van der Waals surface area contributed by atoms with Crippen LogP contribution in [0.15, 0.2) is 48.7 Å². The van der Waals surface area contributed by atoms with Crippen molar-refractivity contribution >= 4 is 11.3 Å². The second-order valence-electron chi connectivity index (χ2n) is 5.46. The molecule has 0 fully saturated rings. The predicted molar refractivity (Wildman–Crippen MR) is 92.8 cm³/mol. The number of aryl methyl sites for hydroxylation is 2. The Hall–Kier alpha value is -2.13. The summed E-state index contributed by atoms with van der Waals surface area (Å²) in [6.45, 7) is 4.32. The van der Waals surface area contributed by atoms with Gasteiger partial charge in [-0.05, 0) is 43.2 Å². The molecule has 0 saturated carbocycles. The third kappa shape index (κ3) is 3.20. The molecule has 3 rings (SSSR count). The molecule has 112 valence electrons.